The van der Waals surface area contributed by atoms with E-state index in [-0.39, 0.29) is 6.04 Å². The lowest BCUT2D eigenvalue weighted by molar-refractivity contribution is 0.481. The van der Waals surface area contributed by atoms with Crippen LogP contribution in [-0.2, 0) is 19.3 Å². The van der Waals surface area contributed by atoms with E-state index in [0.29, 0.717) is 0 Å². The van der Waals surface area contributed by atoms with E-state index in [0.717, 1.165) is 22.4 Å². The van der Waals surface area contributed by atoms with Crippen molar-refractivity contribution in [3.8, 4) is 11.5 Å². The molecule has 1 aliphatic rings. The van der Waals surface area contributed by atoms with Crippen molar-refractivity contribution in [2.75, 3.05) is 0 Å². The highest BCUT2D eigenvalue weighted by molar-refractivity contribution is 9.10. The Labute approximate surface area is 134 Å². The molecule has 1 atom stereocenters. The maximum Gasteiger partial charge on any atom is 0.128 e. The third kappa shape index (κ3) is 3.47. The summed E-state index contributed by atoms with van der Waals surface area (Å²) >= 11 is 3.60. The summed E-state index contributed by atoms with van der Waals surface area (Å²) < 4.78 is 7.04. The Morgan fingerprint density at radius 2 is 1.81 bits per heavy atom. The average molecular weight is 346 g/mol. The van der Waals surface area contributed by atoms with Crippen LogP contribution in [0.5, 0.6) is 11.5 Å². The number of benzene rings is 2. The average Bonchev–Trinajstić information content (AvgIpc) is 2.89. The molecule has 0 aromatic heterocycles. The van der Waals surface area contributed by atoms with Crippen molar-refractivity contribution in [2.45, 2.75) is 38.6 Å². The molecule has 0 spiro atoms. The van der Waals surface area contributed by atoms with E-state index in [1.54, 1.807) is 0 Å². The van der Waals surface area contributed by atoms with Gasteiger partial charge in [-0.15, -0.1) is 0 Å². The van der Waals surface area contributed by atoms with E-state index < -0.39 is 0 Å². The summed E-state index contributed by atoms with van der Waals surface area (Å²) in [6.45, 7) is 2.02. The molecular formula is C18H20BrNO. The van der Waals surface area contributed by atoms with Gasteiger partial charge in [0.2, 0.25) is 0 Å². The first kappa shape index (κ1) is 14.6. The van der Waals surface area contributed by atoms with E-state index in [2.05, 4.69) is 40.2 Å². The molecule has 2 N–H and O–H groups in total. The summed E-state index contributed by atoms with van der Waals surface area (Å²) in [6.07, 6.45) is 4.49. The van der Waals surface area contributed by atoms with E-state index in [4.69, 9.17) is 10.5 Å². The Morgan fingerprint density at radius 1 is 1.10 bits per heavy atom. The number of fused-ring (bicyclic) bond motifs is 1. The van der Waals surface area contributed by atoms with E-state index in [1.807, 2.05) is 19.1 Å². The van der Waals surface area contributed by atoms with Crippen LogP contribution in [0.15, 0.2) is 40.9 Å². The number of nitrogens with two attached hydrogens (primary N) is 1. The zero-order chi connectivity index (χ0) is 14.8. The molecule has 0 saturated carbocycles. The molecule has 1 aliphatic carbocycles. The lowest BCUT2D eigenvalue weighted by atomic mass is 10.1. The number of hydrogen-bond donors (Lipinski definition) is 1. The number of rotatable bonds is 4. The van der Waals surface area contributed by atoms with Crippen molar-refractivity contribution in [2.24, 2.45) is 5.73 Å². The molecular weight excluding hydrogens is 326 g/mol. The van der Waals surface area contributed by atoms with Crippen molar-refractivity contribution in [3.05, 3.63) is 57.6 Å². The largest absolute Gasteiger partial charge is 0.457 e. The van der Waals surface area contributed by atoms with Gasteiger partial charge in [0, 0.05) is 10.5 Å². The lowest BCUT2D eigenvalue weighted by Gasteiger charge is -2.11. The van der Waals surface area contributed by atoms with Crippen LogP contribution in [0.4, 0.5) is 0 Å². The van der Waals surface area contributed by atoms with Gasteiger partial charge < -0.3 is 10.5 Å². The molecule has 0 amide bonds. The smallest absolute Gasteiger partial charge is 0.128 e. The van der Waals surface area contributed by atoms with Crippen LogP contribution in [-0.4, -0.2) is 6.04 Å². The monoisotopic (exact) mass is 345 g/mol. The Morgan fingerprint density at radius 3 is 2.57 bits per heavy atom. The van der Waals surface area contributed by atoms with Gasteiger partial charge in [0.25, 0.3) is 0 Å². The summed E-state index contributed by atoms with van der Waals surface area (Å²) in [5.74, 6) is 1.77. The summed E-state index contributed by atoms with van der Waals surface area (Å²) in [5.41, 5.74) is 9.97. The highest BCUT2D eigenvalue weighted by Crippen LogP contribution is 2.31. The second-order valence-corrected chi connectivity index (χ2v) is 6.68. The van der Waals surface area contributed by atoms with Crippen LogP contribution in [0.25, 0.3) is 0 Å². The van der Waals surface area contributed by atoms with Crippen LogP contribution >= 0.6 is 15.9 Å². The van der Waals surface area contributed by atoms with Gasteiger partial charge in [0.1, 0.15) is 11.5 Å². The second kappa shape index (κ2) is 6.20. The number of hydrogen-bond acceptors (Lipinski definition) is 2. The van der Waals surface area contributed by atoms with Gasteiger partial charge in [0.15, 0.2) is 0 Å². The van der Waals surface area contributed by atoms with Crippen LogP contribution in [0.3, 0.4) is 0 Å². The third-order valence-corrected chi connectivity index (χ3v) is 4.61. The molecule has 0 bridgehead atoms. The number of aryl methyl sites for hydroxylation is 2. The highest BCUT2D eigenvalue weighted by Gasteiger charge is 2.12. The fraction of sp³-hybridized carbons (Fsp3) is 0.333. The molecule has 3 heteroatoms. The quantitative estimate of drug-likeness (QED) is 0.877. The first-order valence-electron chi connectivity index (χ1n) is 7.45. The third-order valence-electron chi connectivity index (χ3n) is 3.87. The van der Waals surface area contributed by atoms with Crippen LogP contribution in [0.2, 0.25) is 0 Å². The van der Waals surface area contributed by atoms with Crippen LogP contribution in [0, 0.1) is 0 Å². The van der Waals surface area contributed by atoms with Gasteiger partial charge in [-0.2, -0.15) is 0 Å². The molecule has 110 valence electrons. The molecule has 3 rings (SSSR count). The van der Waals surface area contributed by atoms with Crippen molar-refractivity contribution in [3.63, 3.8) is 0 Å². The zero-order valence-electron chi connectivity index (χ0n) is 12.2. The van der Waals surface area contributed by atoms with Crippen LogP contribution in [0.1, 0.15) is 30.0 Å². The molecule has 2 aromatic carbocycles. The minimum atomic E-state index is 0.157. The molecule has 0 aliphatic heterocycles. The molecule has 21 heavy (non-hydrogen) atoms. The lowest BCUT2D eigenvalue weighted by Crippen LogP contribution is -2.17. The van der Waals surface area contributed by atoms with Gasteiger partial charge in [-0.25, -0.2) is 0 Å². The first-order valence-corrected chi connectivity index (χ1v) is 8.25. The van der Waals surface area contributed by atoms with Gasteiger partial charge in [-0.05, 0) is 73.6 Å². The van der Waals surface area contributed by atoms with Crippen molar-refractivity contribution in [1.82, 2.24) is 0 Å². The summed E-state index contributed by atoms with van der Waals surface area (Å²) in [5, 5.41) is 0. The fourth-order valence-electron chi connectivity index (χ4n) is 2.85. The molecule has 0 fully saturated rings. The van der Waals surface area contributed by atoms with Crippen LogP contribution < -0.4 is 10.5 Å². The van der Waals surface area contributed by atoms with Gasteiger partial charge in [0.05, 0.1) is 0 Å². The fourth-order valence-corrected chi connectivity index (χ4v) is 3.37. The second-order valence-electron chi connectivity index (χ2n) is 5.82. The number of ether oxygens (including phenoxy) is 1. The summed E-state index contributed by atoms with van der Waals surface area (Å²) in [6, 6.07) is 12.7. The summed E-state index contributed by atoms with van der Waals surface area (Å²) in [7, 11) is 0. The van der Waals surface area contributed by atoms with E-state index >= 15 is 0 Å². The van der Waals surface area contributed by atoms with Crippen molar-refractivity contribution in [1.29, 1.82) is 0 Å². The molecule has 0 heterocycles. The highest BCUT2D eigenvalue weighted by atomic mass is 79.9. The van der Waals surface area contributed by atoms with Gasteiger partial charge in [-0.3, -0.25) is 0 Å². The van der Waals surface area contributed by atoms with Gasteiger partial charge >= 0.3 is 0 Å². The number of halogens is 1. The Bertz CT molecular complexity index is 652. The standard InChI is InChI=1S/C18H20BrNO/c1-12(20)9-15-6-8-17(11-18(15)19)21-16-7-5-13-3-2-4-14(13)10-16/h5-8,10-12H,2-4,9,20H2,1H3. The maximum absolute atomic E-state index is 5.98. The minimum absolute atomic E-state index is 0.157. The maximum atomic E-state index is 5.98. The minimum Gasteiger partial charge on any atom is -0.457 e. The van der Waals surface area contributed by atoms with Crippen molar-refractivity contribution < 1.29 is 4.74 Å². The molecule has 0 radical (unpaired) electrons. The van der Waals surface area contributed by atoms with E-state index in [9.17, 15) is 0 Å². The van der Waals surface area contributed by atoms with Crippen molar-refractivity contribution >= 4 is 15.9 Å². The van der Waals surface area contributed by atoms with E-state index in [1.165, 1.54) is 36.0 Å². The Hall–Kier alpha value is -1.32. The van der Waals surface area contributed by atoms with Gasteiger partial charge in [-0.1, -0.05) is 28.1 Å². The molecule has 2 nitrogen and oxygen atoms in total. The predicted octanol–water partition coefficient (Wildman–Crippen LogP) is 4.62. The predicted molar refractivity (Wildman–Crippen MR) is 90.0 cm³/mol. The molecule has 0 saturated heterocycles. The Balaban J connectivity index is 1.77. The molecule has 2 aromatic rings. The zero-order valence-corrected chi connectivity index (χ0v) is 13.8. The SMILES string of the molecule is CC(N)Cc1ccc(Oc2ccc3c(c2)CCC3)cc1Br. The molecule has 1 unspecified atom stereocenters. The normalized spacial score (nSPS) is 14.8. The summed E-state index contributed by atoms with van der Waals surface area (Å²) in [4.78, 5) is 0. The topological polar surface area (TPSA) is 35.2 Å². The first-order chi connectivity index (χ1) is 10.1. The Kier molecular flexibility index (Phi) is 4.32.